The number of Topliss-reactive ketones (excluding diaryl/α,β-unsaturated/α-hetero) is 1. The van der Waals surface area contributed by atoms with Gasteiger partial charge in [-0.2, -0.15) is 0 Å². The van der Waals surface area contributed by atoms with E-state index < -0.39 is 23.7 Å². The maximum Gasteiger partial charge on any atom is 0.350 e. The second kappa shape index (κ2) is 9.44. The summed E-state index contributed by atoms with van der Waals surface area (Å²) in [6.45, 7) is 3.50. The van der Waals surface area contributed by atoms with Crippen LogP contribution in [-0.2, 0) is 14.3 Å². The third-order valence-electron chi connectivity index (χ3n) is 5.26. The molecule has 9 nitrogen and oxygen atoms in total. The van der Waals surface area contributed by atoms with Gasteiger partial charge in [0, 0.05) is 18.0 Å². The van der Waals surface area contributed by atoms with Crippen molar-refractivity contribution in [3.8, 4) is 5.75 Å². The SMILES string of the molecule is CCOC(=O)c1sc(N2C(=O)C(=O)C(=C(O)c3ccncc3)C2c2cccc(OC)c2)nc1C. The van der Waals surface area contributed by atoms with E-state index >= 15 is 0 Å². The van der Waals surface area contributed by atoms with Crippen LogP contribution in [0.25, 0.3) is 5.76 Å². The highest BCUT2D eigenvalue weighted by Crippen LogP contribution is 2.44. The first kappa shape index (κ1) is 23.1. The van der Waals surface area contributed by atoms with E-state index in [1.165, 1.54) is 36.5 Å². The third-order valence-corrected chi connectivity index (χ3v) is 6.40. The zero-order valence-corrected chi connectivity index (χ0v) is 19.5. The number of hydrogen-bond donors (Lipinski definition) is 1. The zero-order chi connectivity index (χ0) is 24.4. The fourth-order valence-electron chi connectivity index (χ4n) is 3.69. The van der Waals surface area contributed by atoms with Crippen molar-refractivity contribution in [1.82, 2.24) is 9.97 Å². The molecule has 34 heavy (non-hydrogen) atoms. The Morgan fingerprint density at radius 1 is 1.21 bits per heavy atom. The molecule has 1 aromatic carbocycles. The highest BCUT2D eigenvalue weighted by atomic mass is 32.1. The van der Waals surface area contributed by atoms with E-state index in [0.29, 0.717) is 22.6 Å². The van der Waals surface area contributed by atoms with Gasteiger partial charge in [0.2, 0.25) is 0 Å². The van der Waals surface area contributed by atoms with Crippen molar-refractivity contribution in [2.24, 2.45) is 0 Å². The number of pyridine rings is 1. The van der Waals surface area contributed by atoms with E-state index in [1.807, 2.05) is 0 Å². The van der Waals surface area contributed by atoms with Gasteiger partial charge in [0.1, 0.15) is 16.4 Å². The number of amides is 1. The number of aryl methyl sites for hydroxylation is 1. The fourth-order valence-corrected chi connectivity index (χ4v) is 4.68. The van der Waals surface area contributed by atoms with Crippen molar-refractivity contribution in [3.05, 3.63) is 76.1 Å². The number of thiazole rings is 1. The number of nitrogens with zero attached hydrogens (tertiary/aromatic N) is 3. The number of carbonyl (C=O) groups is 3. The number of aromatic nitrogens is 2. The van der Waals surface area contributed by atoms with Crippen LogP contribution in [0.3, 0.4) is 0 Å². The Labute approximate surface area is 199 Å². The molecule has 0 saturated carbocycles. The molecular formula is C24H21N3O6S. The number of anilines is 1. The van der Waals surface area contributed by atoms with Gasteiger partial charge in [-0.1, -0.05) is 23.5 Å². The Hall–Kier alpha value is -4.05. The zero-order valence-electron chi connectivity index (χ0n) is 18.6. The number of aliphatic hydroxyl groups excluding tert-OH is 1. The van der Waals surface area contributed by atoms with E-state index in [-0.39, 0.29) is 27.9 Å². The highest BCUT2D eigenvalue weighted by Gasteiger charge is 2.48. The lowest BCUT2D eigenvalue weighted by Crippen LogP contribution is -2.29. The van der Waals surface area contributed by atoms with Crippen LogP contribution >= 0.6 is 11.3 Å². The average Bonchev–Trinajstić information content (AvgIpc) is 3.36. The van der Waals surface area contributed by atoms with Crippen molar-refractivity contribution in [2.75, 3.05) is 18.6 Å². The Balaban J connectivity index is 1.92. The van der Waals surface area contributed by atoms with Crippen LogP contribution in [0.5, 0.6) is 5.75 Å². The Bertz CT molecular complexity index is 1300. The molecule has 0 bridgehead atoms. The van der Waals surface area contributed by atoms with Crippen LogP contribution < -0.4 is 9.64 Å². The van der Waals surface area contributed by atoms with E-state index in [1.54, 1.807) is 38.1 Å². The van der Waals surface area contributed by atoms with E-state index in [4.69, 9.17) is 9.47 Å². The summed E-state index contributed by atoms with van der Waals surface area (Å²) in [6, 6.07) is 8.93. The van der Waals surface area contributed by atoms with Crippen molar-refractivity contribution in [2.45, 2.75) is 19.9 Å². The molecule has 1 aliphatic rings. The summed E-state index contributed by atoms with van der Waals surface area (Å²) < 4.78 is 10.4. The smallest absolute Gasteiger partial charge is 0.350 e. The lowest BCUT2D eigenvalue weighted by atomic mass is 9.95. The average molecular weight is 480 g/mol. The minimum atomic E-state index is -0.996. The number of benzene rings is 1. The first-order valence-corrected chi connectivity index (χ1v) is 11.2. The number of ketones is 1. The fraction of sp³-hybridized carbons (Fsp3) is 0.208. The molecule has 2 aromatic heterocycles. The van der Waals surface area contributed by atoms with Crippen molar-refractivity contribution >= 4 is 39.9 Å². The largest absolute Gasteiger partial charge is 0.507 e. The molecule has 0 spiro atoms. The molecular weight excluding hydrogens is 458 g/mol. The minimum absolute atomic E-state index is 0.102. The van der Waals surface area contributed by atoms with Gasteiger partial charge < -0.3 is 14.6 Å². The highest BCUT2D eigenvalue weighted by molar-refractivity contribution is 7.17. The molecule has 1 N–H and O–H groups in total. The predicted molar refractivity (Wildman–Crippen MR) is 125 cm³/mol. The van der Waals surface area contributed by atoms with Gasteiger partial charge in [-0.25, -0.2) is 9.78 Å². The van der Waals surface area contributed by atoms with Gasteiger partial charge in [0.25, 0.3) is 5.78 Å². The van der Waals surface area contributed by atoms with Crippen molar-refractivity contribution in [1.29, 1.82) is 0 Å². The summed E-state index contributed by atoms with van der Waals surface area (Å²) in [6.07, 6.45) is 2.95. The summed E-state index contributed by atoms with van der Waals surface area (Å²) in [4.78, 5) is 48.5. The molecule has 1 amide bonds. The molecule has 174 valence electrons. The van der Waals surface area contributed by atoms with Crippen molar-refractivity contribution in [3.63, 3.8) is 0 Å². The van der Waals surface area contributed by atoms with E-state index in [0.717, 1.165) is 11.3 Å². The Morgan fingerprint density at radius 3 is 2.62 bits per heavy atom. The van der Waals surface area contributed by atoms with Crippen molar-refractivity contribution < 1.29 is 29.0 Å². The maximum absolute atomic E-state index is 13.2. The molecule has 10 heteroatoms. The quantitative estimate of drug-likeness (QED) is 0.246. The summed E-state index contributed by atoms with van der Waals surface area (Å²) in [7, 11) is 1.50. The number of rotatable bonds is 6. The molecule has 1 unspecified atom stereocenters. The molecule has 4 rings (SSSR count). The molecule has 0 radical (unpaired) electrons. The van der Waals surface area contributed by atoms with Crippen LogP contribution in [0.2, 0.25) is 0 Å². The maximum atomic E-state index is 13.2. The molecule has 1 fully saturated rings. The van der Waals surface area contributed by atoms with Crippen LogP contribution in [0.4, 0.5) is 5.13 Å². The summed E-state index contributed by atoms with van der Waals surface area (Å²) in [5.41, 5.74) is 1.14. The first-order valence-electron chi connectivity index (χ1n) is 10.4. The second-order valence-corrected chi connectivity index (χ2v) is 8.29. The van der Waals surface area contributed by atoms with Gasteiger partial charge in [-0.15, -0.1) is 0 Å². The normalized spacial score (nSPS) is 17.1. The van der Waals surface area contributed by atoms with Gasteiger partial charge in [-0.05, 0) is 43.7 Å². The standard InChI is InChI=1S/C24H21N3O6S/c1-4-33-23(31)21-13(2)26-24(34-21)27-18(15-6-5-7-16(12-15)32-3)17(20(29)22(27)30)19(28)14-8-10-25-11-9-14/h5-12,18,28H,4H2,1-3H3. The van der Waals surface area contributed by atoms with Gasteiger partial charge in [0.05, 0.1) is 31.0 Å². The molecule has 0 aliphatic carbocycles. The third kappa shape index (κ3) is 4.03. The Kier molecular flexibility index (Phi) is 6.42. The second-order valence-electron chi connectivity index (χ2n) is 7.31. The van der Waals surface area contributed by atoms with Crippen LogP contribution in [0.15, 0.2) is 54.4 Å². The minimum Gasteiger partial charge on any atom is -0.507 e. The lowest BCUT2D eigenvalue weighted by molar-refractivity contribution is -0.132. The summed E-state index contributed by atoms with van der Waals surface area (Å²) in [5.74, 6) is -2.13. The van der Waals surface area contributed by atoms with Gasteiger partial charge >= 0.3 is 11.9 Å². The number of methoxy groups -OCH3 is 1. The van der Waals surface area contributed by atoms with Crippen LogP contribution in [-0.4, -0.2) is 46.5 Å². The number of carbonyl (C=O) groups excluding carboxylic acids is 3. The van der Waals surface area contributed by atoms with Crippen LogP contribution in [0, 0.1) is 6.92 Å². The molecule has 1 aliphatic heterocycles. The lowest BCUT2D eigenvalue weighted by Gasteiger charge is -2.23. The topological polar surface area (TPSA) is 119 Å². The first-order chi connectivity index (χ1) is 16.4. The van der Waals surface area contributed by atoms with Gasteiger partial charge in [0.15, 0.2) is 5.13 Å². The molecule has 3 heterocycles. The van der Waals surface area contributed by atoms with Crippen LogP contribution in [0.1, 0.15) is 39.5 Å². The number of esters is 1. The number of ether oxygens (including phenoxy) is 2. The summed E-state index contributed by atoms with van der Waals surface area (Å²) in [5, 5.41) is 11.2. The molecule has 1 saturated heterocycles. The molecule has 1 atom stereocenters. The van der Waals surface area contributed by atoms with Gasteiger partial charge in [-0.3, -0.25) is 19.5 Å². The summed E-state index contributed by atoms with van der Waals surface area (Å²) >= 11 is 0.950. The number of hydrogen-bond acceptors (Lipinski definition) is 9. The number of aliphatic hydroxyl groups is 1. The predicted octanol–water partition coefficient (Wildman–Crippen LogP) is 3.66. The Morgan fingerprint density at radius 2 is 1.94 bits per heavy atom. The van der Waals surface area contributed by atoms with E-state index in [9.17, 15) is 19.5 Å². The molecule has 3 aromatic rings. The monoisotopic (exact) mass is 479 g/mol. The van der Waals surface area contributed by atoms with E-state index in [2.05, 4.69) is 9.97 Å².